The van der Waals surface area contributed by atoms with Gasteiger partial charge >= 0.3 is 0 Å². The predicted octanol–water partition coefficient (Wildman–Crippen LogP) is 6.67. The first-order valence-corrected chi connectivity index (χ1v) is 12.4. The van der Waals surface area contributed by atoms with E-state index in [9.17, 15) is 5.11 Å². The molecule has 3 heterocycles. The molecule has 0 saturated carbocycles. The molecule has 3 aromatic carbocycles. The number of aromatic nitrogens is 2. The van der Waals surface area contributed by atoms with Crippen LogP contribution in [0.3, 0.4) is 0 Å². The monoisotopic (exact) mass is 475 g/mol. The molecule has 6 aromatic rings. The van der Waals surface area contributed by atoms with Crippen molar-refractivity contribution in [2.24, 2.45) is 5.92 Å². The molecule has 7 rings (SSSR count). The van der Waals surface area contributed by atoms with E-state index in [1.54, 1.807) is 18.7 Å². The summed E-state index contributed by atoms with van der Waals surface area (Å²) in [6.45, 7) is 2.40. The molecule has 1 aliphatic carbocycles. The summed E-state index contributed by atoms with van der Waals surface area (Å²) in [6.07, 6.45) is 9.16. The highest BCUT2D eigenvalue weighted by Crippen LogP contribution is 2.41. The van der Waals surface area contributed by atoms with Gasteiger partial charge in [-0.15, -0.1) is 0 Å². The van der Waals surface area contributed by atoms with E-state index in [2.05, 4.69) is 81.7 Å². The number of benzene rings is 3. The van der Waals surface area contributed by atoms with Crippen LogP contribution < -0.4 is 5.73 Å². The Bertz CT molecular complexity index is 1650. The first-order chi connectivity index (χ1) is 17.7. The van der Waals surface area contributed by atoms with Crippen LogP contribution >= 0.6 is 0 Å². The third-order valence-electron chi connectivity index (χ3n) is 7.55. The number of anilines is 1. The highest BCUT2D eigenvalue weighted by atomic mass is 16.3. The zero-order chi connectivity index (χ0) is 24.6. The molecule has 3 aromatic heterocycles. The molecular weight excluding hydrogens is 446 g/mol. The van der Waals surface area contributed by atoms with Gasteiger partial charge < -0.3 is 19.8 Å². The predicted molar refractivity (Wildman–Crippen MR) is 146 cm³/mol. The number of hydrogen-bond donors (Lipinski definition) is 2. The maximum absolute atomic E-state index is 10.2. The summed E-state index contributed by atoms with van der Waals surface area (Å²) in [5, 5.41) is 16.1. The molecule has 0 amide bonds. The largest absolute Gasteiger partial charge is 0.473 e. The Morgan fingerprint density at radius 3 is 2.58 bits per heavy atom. The Hall–Kier alpha value is -4.09. The Labute approximate surface area is 209 Å². The van der Waals surface area contributed by atoms with E-state index < -0.39 is 0 Å². The Morgan fingerprint density at radius 2 is 1.81 bits per heavy atom. The van der Waals surface area contributed by atoms with Crippen molar-refractivity contribution in [2.45, 2.75) is 32.4 Å². The molecule has 0 radical (unpaired) electrons. The standard InChI is InChI=1S/C27H25N3O.C4H4O/c1-16-12-23-18(14-25(16)30-11-9-22-24(30)8-10-29-27(22)28)6-7-21-20-5-3-2-4-17(20)13-19(15-31)26(21)23;1-2-4-5-3-1/h2-11,13,16,25,31H,12,14-15H2,1H3,(H2,28,29);1-4H. The topological polar surface area (TPSA) is 77.2 Å². The van der Waals surface area contributed by atoms with Crippen LogP contribution in [0.2, 0.25) is 0 Å². The van der Waals surface area contributed by atoms with E-state index in [-0.39, 0.29) is 6.61 Å². The molecule has 0 aliphatic heterocycles. The quantitative estimate of drug-likeness (QED) is 0.274. The second kappa shape index (κ2) is 9.17. The van der Waals surface area contributed by atoms with E-state index in [4.69, 9.17) is 5.73 Å². The molecule has 3 N–H and O–H groups in total. The Balaban J connectivity index is 0.000000431. The maximum atomic E-state index is 10.2. The van der Waals surface area contributed by atoms with Crippen molar-refractivity contribution in [3.05, 3.63) is 108 Å². The molecule has 0 fully saturated rings. The molecule has 36 heavy (non-hydrogen) atoms. The fraction of sp³-hybridized carbons (Fsp3) is 0.194. The van der Waals surface area contributed by atoms with E-state index in [1.165, 1.54) is 32.7 Å². The molecule has 0 spiro atoms. The van der Waals surface area contributed by atoms with Gasteiger partial charge in [0, 0.05) is 23.8 Å². The second-order valence-corrected chi connectivity index (χ2v) is 9.64. The minimum absolute atomic E-state index is 0.0596. The molecule has 180 valence electrons. The lowest BCUT2D eigenvalue weighted by Crippen LogP contribution is -2.26. The zero-order valence-corrected chi connectivity index (χ0v) is 20.3. The third-order valence-corrected chi connectivity index (χ3v) is 7.55. The van der Waals surface area contributed by atoms with E-state index in [0.29, 0.717) is 17.8 Å². The first-order valence-electron chi connectivity index (χ1n) is 12.4. The van der Waals surface area contributed by atoms with Crippen molar-refractivity contribution in [3.63, 3.8) is 0 Å². The van der Waals surface area contributed by atoms with E-state index >= 15 is 0 Å². The molecule has 5 heteroatoms. The average Bonchev–Trinajstić information content (AvgIpc) is 3.62. The molecule has 5 nitrogen and oxygen atoms in total. The number of pyridine rings is 1. The number of fused-ring (bicyclic) bond motifs is 6. The van der Waals surface area contributed by atoms with Gasteiger partial charge in [0.15, 0.2) is 0 Å². The van der Waals surface area contributed by atoms with Crippen LogP contribution in [0.5, 0.6) is 0 Å². The minimum Gasteiger partial charge on any atom is -0.473 e. The number of rotatable bonds is 2. The number of nitrogens with zero attached hydrogens (tertiary/aromatic N) is 2. The summed E-state index contributed by atoms with van der Waals surface area (Å²) in [5.74, 6) is 1.05. The van der Waals surface area contributed by atoms with Gasteiger partial charge in [-0.3, -0.25) is 0 Å². The van der Waals surface area contributed by atoms with E-state index in [0.717, 1.165) is 29.3 Å². The van der Waals surface area contributed by atoms with Gasteiger partial charge in [-0.1, -0.05) is 43.3 Å². The maximum Gasteiger partial charge on any atom is 0.132 e. The van der Waals surface area contributed by atoms with Gasteiger partial charge in [-0.25, -0.2) is 4.98 Å². The van der Waals surface area contributed by atoms with Crippen molar-refractivity contribution in [1.29, 1.82) is 0 Å². The first kappa shape index (κ1) is 22.4. The van der Waals surface area contributed by atoms with Crippen LogP contribution in [0, 0.1) is 5.92 Å². The van der Waals surface area contributed by atoms with Gasteiger partial charge in [-0.2, -0.15) is 0 Å². The zero-order valence-electron chi connectivity index (χ0n) is 20.3. The van der Waals surface area contributed by atoms with Gasteiger partial charge in [0.2, 0.25) is 0 Å². The molecule has 0 saturated heterocycles. The highest BCUT2D eigenvalue weighted by Gasteiger charge is 2.29. The number of furan rings is 1. The fourth-order valence-electron chi connectivity index (χ4n) is 5.84. The molecule has 2 unspecified atom stereocenters. The van der Waals surface area contributed by atoms with Crippen molar-refractivity contribution < 1.29 is 9.52 Å². The summed E-state index contributed by atoms with van der Waals surface area (Å²) in [5.41, 5.74) is 11.1. The van der Waals surface area contributed by atoms with Gasteiger partial charge in [0.25, 0.3) is 0 Å². The molecule has 0 bridgehead atoms. The fourth-order valence-corrected chi connectivity index (χ4v) is 5.84. The van der Waals surface area contributed by atoms with Crippen LogP contribution in [0.1, 0.15) is 29.7 Å². The van der Waals surface area contributed by atoms with Gasteiger partial charge in [0.1, 0.15) is 5.82 Å². The number of aliphatic hydroxyl groups excluding tert-OH is 1. The van der Waals surface area contributed by atoms with Crippen LogP contribution in [-0.4, -0.2) is 14.7 Å². The van der Waals surface area contributed by atoms with Crippen LogP contribution in [0.4, 0.5) is 5.82 Å². The molecule has 1 aliphatic rings. The Morgan fingerprint density at radius 1 is 0.972 bits per heavy atom. The summed E-state index contributed by atoms with van der Waals surface area (Å²) >= 11 is 0. The third kappa shape index (κ3) is 3.73. The van der Waals surface area contributed by atoms with Gasteiger partial charge in [0.05, 0.1) is 24.6 Å². The van der Waals surface area contributed by atoms with Crippen molar-refractivity contribution in [3.8, 4) is 0 Å². The van der Waals surface area contributed by atoms with E-state index in [1.807, 2.05) is 12.1 Å². The molecular formula is C31H29N3O2. The summed E-state index contributed by atoms with van der Waals surface area (Å²) < 4.78 is 6.96. The lowest BCUT2D eigenvalue weighted by Gasteiger charge is -2.34. The van der Waals surface area contributed by atoms with Crippen molar-refractivity contribution >= 4 is 38.3 Å². The lowest BCUT2D eigenvalue weighted by atomic mass is 9.77. The summed E-state index contributed by atoms with van der Waals surface area (Å²) in [7, 11) is 0. The SMILES string of the molecule is CC1Cc2c(ccc3c2c(CO)cc2ccccc23)CC1n1ccc2c(N)nccc21.c1ccoc1. The minimum atomic E-state index is 0.0596. The van der Waals surface area contributed by atoms with Crippen LogP contribution in [0.15, 0.2) is 96.1 Å². The van der Waals surface area contributed by atoms with Crippen LogP contribution in [-0.2, 0) is 19.4 Å². The number of aliphatic hydroxyl groups is 1. The Kier molecular flexibility index (Phi) is 5.70. The normalized spacial score (nSPS) is 17.2. The highest BCUT2D eigenvalue weighted by molar-refractivity contribution is 6.10. The molecule has 2 atom stereocenters. The number of nitrogen functional groups attached to an aromatic ring is 1. The summed E-state index contributed by atoms with van der Waals surface area (Å²) in [4.78, 5) is 4.24. The number of nitrogens with two attached hydrogens (primary N) is 1. The van der Waals surface area contributed by atoms with Crippen LogP contribution in [0.25, 0.3) is 32.4 Å². The summed E-state index contributed by atoms with van der Waals surface area (Å²) in [6, 6.07) is 23.3. The van der Waals surface area contributed by atoms with Crippen molar-refractivity contribution in [2.75, 3.05) is 5.73 Å². The smallest absolute Gasteiger partial charge is 0.132 e. The lowest BCUT2D eigenvalue weighted by molar-refractivity contribution is 0.283. The van der Waals surface area contributed by atoms with Gasteiger partial charge in [-0.05, 0) is 87.3 Å². The van der Waals surface area contributed by atoms with Crippen molar-refractivity contribution in [1.82, 2.24) is 9.55 Å². The number of hydrogen-bond acceptors (Lipinski definition) is 4. The average molecular weight is 476 g/mol. The second-order valence-electron chi connectivity index (χ2n) is 9.64.